The summed E-state index contributed by atoms with van der Waals surface area (Å²) in [6.07, 6.45) is 7.11. The molecule has 0 aromatic rings. The number of rotatable bonds is 5. The van der Waals surface area contributed by atoms with E-state index >= 15 is 0 Å². The Morgan fingerprint density at radius 3 is 2.46 bits per heavy atom. The fourth-order valence-electron chi connectivity index (χ4n) is 4.53. The van der Waals surface area contributed by atoms with E-state index in [-0.39, 0.29) is 30.0 Å². The molecule has 0 aromatic carbocycles. The van der Waals surface area contributed by atoms with E-state index in [0.717, 1.165) is 38.4 Å². The number of carbonyl (C=O) groups excluding carboxylic acids is 1. The predicted octanol–water partition coefficient (Wildman–Crippen LogP) is 2.05. The first kappa shape index (κ1) is 21.5. The van der Waals surface area contributed by atoms with E-state index in [4.69, 9.17) is 10.5 Å². The molecule has 0 radical (unpaired) electrons. The Balaban J connectivity index is 0.00000243. The molecule has 2 aliphatic carbocycles. The first-order valence-corrected chi connectivity index (χ1v) is 9.82. The standard InChI is InChI=1S/C18H33N5O2.HI/c1-3-20-17(21-13-6-10-23(11-7-13)16(19)24)22-14-12-15(25-4-2)18(14)8-5-9-18;/h13-15H,3-12H2,1-2H3,(H2,19,24)(H2,20,21,22);1H. The molecule has 0 bridgehead atoms. The highest BCUT2D eigenvalue weighted by atomic mass is 127. The van der Waals surface area contributed by atoms with E-state index in [1.807, 2.05) is 0 Å². The second-order valence-corrected chi connectivity index (χ2v) is 7.53. The van der Waals surface area contributed by atoms with Gasteiger partial charge in [0.1, 0.15) is 0 Å². The van der Waals surface area contributed by atoms with Gasteiger partial charge in [-0.05, 0) is 46.0 Å². The van der Waals surface area contributed by atoms with E-state index in [1.165, 1.54) is 19.3 Å². The van der Waals surface area contributed by atoms with Crippen molar-refractivity contribution in [3.63, 3.8) is 0 Å². The number of nitrogens with zero attached hydrogens (tertiary/aromatic N) is 2. The summed E-state index contributed by atoms with van der Waals surface area (Å²) in [4.78, 5) is 17.6. The summed E-state index contributed by atoms with van der Waals surface area (Å²) >= 11 is 0. The van der Waals surface area contributed by atoms with Crippen LogP contribution in [0.25, 0.3) is 0 Å². The molecule has 2 saturated carbocycles. The van der Waals surface area contributed by atoms with E-state index in [1.54, 1.807) is 4.90 Å². The summed E-state index contributed by atoms with van der Waals surface area (Å²) in [5, 5.41) is 7.24. The molecule has 1 heterocycles. The average molecular weight is 479 g/mol. The maximum absolute atomic E-state index is 11.3. The topological polar surface area (TPSA) is 92.0 Å². The molecule has 1 spiro atoms. The molecule has 3 fully saturated rings. The minimum Gasteiger partial charge on any atom is -0.378 e. The number of nitrogens with one attached hydrogen (secondary N) is 2. The van der Waals surface area contributed by atoms with Crippen LogP contribution in [0.15, 0.2) is 4.99 Å². The van der Waals surface area contributed by atoms with Gasteiger partial charge in [0.25, 0.3) is 0 Å². The number of amides is 2. The number of guanidine groups is 1. The summed E-state index contributed by atoms with van der Waals surface area (Å²) < 4.78 is 5.94. The Morgan fingerprint density at radius 2 is 1.96 bits per heavy atom. The number of nitrogens with two attached hydrogens (primary N) is 1. The summed E-state index contributed by atoms with van der Waals surface area (Å²) in [6, 6.07) is 0.484. The maximum atomic E-state index is 11.3. The minimum absolute atomic E-state index is 0. The largest absolute Gasteiger partial charge is 0.378 e. The number of hydrogen-bond acceptors (Lipinski definition) is 3. The van der Waals surface area contributed by atoms with Crippen molar-refractivity contribution in [2.24, 2.45) is 16.1 Å². The molecule has 150 valence electrons. The number of piperidine rings is 1. The number of likely N-dealkylation sites (tertiary alicyclic amines) is 1. The molecule has 26 heavy (non-hydrogen) atoms. The lowest BCUT2D eigenvalue weighted by Crippen LogP contribution is -2.69. The first-order valence-electron chi connectivity index (χ1n) is 9.82. The van der Waals surface area contributed by atoms with E-state index < -0.39 is 0 Å². The van der Waals surface area contributed by atoms with Crippen molar-refractivity contribution in [2.75, 3.05) is 26.2 Å². The average Bonchev–Trinajstić information content (AvgIpc) is 2.53. The Hall–Kier alpha value is -0.770. The van der Waals surface area contributed by atoms with Crippen molar-refractivity contribution in [1.82, 2.24) is 15.5 Å². The molecule has 3 rings (SSSR count). The number of halogens is 1. The van der Waals surface area contributed by atoms with Gasteiger partial charge in [-0.2, -0.15) is 0 Å². The van der Waals surface area contributed by atoms with Gasteiger partial charge in [-0.15, -0.1) is 24.0 Å². The van der Waals surface area contributed by atoms with Crippen molar-refractivity contribution >= 4 is 36.0 Å². The Bertz CT molecular complexity index is 504. The maximum Gasteiger partial charge on any atom is 0.314 e. The van der Waals surface area contributed by atoms with Crippen molar-refractivity contribution in [2.45, 2.75) is 70.6 Å². The first-order chi connectivity index (χ1) is 12.1. The monoisotopic (exact) mass is 479 g/mol. The Kier molecular flexibility index (Phi) is 7.81. The zero-order valence-corrected chi connectivity index (χ0v) is 18.3. The van der Waals surface area contributed by atoms with Crippen LogP contribution in [0, 0.1) is 5.41 Å². The highest BCUT2D eigenvalue weighted by molar-refractivity contribution is 14.0. The molecular weight excluding hydrogens is 445 g/mol. The minimum atomic E-state index is -0.317. The summed E-state index contributed by atoms with van der Waals surface area (Å²) in [7, 11) is 0. The van der Waals surface area contributed by atoms with Gasteiger partial charge >= 0.3 is 6.03 Å². The zero-order valence-electron chi connectivity index (χ0n) is 16.0. The molecule has 1 saturated heterocycles. The summed E-state index contributed by atoms with van der Waals surface area (Å²) in [5.74, 6) is 0.909. The highest BCUT2D eigenvalue weighted by Crippen LogP contribution is 2.57. The van der Waals surface area contributed by atoms with Crippen molar-refractivity contribution in [1.29, 1.82) is 0 Å². The van der Waals surface area contributed by atoms with Crippen molar-refractivity contribution in [3.05, 3.63) is 0 Å². The second kappa shape index (κ2) is 9.43. The van der Waals surface area contributed by atoms with Crippen LogP contribution in [0.1, 0.15) is 52.4 Å². The predicted molar refractivity (Wildman–Crippen MR) is 114 cm³/mol. The lowest BCUT2D eigenvalue weighted by molar-refractivity contribution is -0.168. The summed E-state index contributed by atoms with van der Waals surface area (Å²) in [6.45, 7) is 7.12. The van der Waals surface area contributed by atoms with Gasteiger partial charge in [0.2, 0.25) is 0 Å². The van der Waals surface area contributed by atoms with Crippen molar-refractivity contribution in [3.8, 4) is 0 Å². The lowest BCUT2D eigenvalue weighted by atomic mass is 9.51. The van der Waals surface area contributed by atoms with Gasteiger partial charge in [0, 0.05) is 43.7 Å². The summed E-state index contributed by atoms with van der Waals surface area (Å²) in [5.41, 5.74) is 5.68. The van der Waals surface area contributed by atoms with Gasteiger partial charge < -0.3 is 26.0 Å². The fourth-order valence-corrected chi connectivity index (χ4v) is 4.53. The van der Waals surface area contributed by atoms with Crippen LogP contribution in [0.3, 0.4) is 0 Å². The van der Waals surface area contributed by atoms with Gasteiger partial charge in [-0.3, -0.25) is 4.99 Å². The van der Waals surface area contributed by atoms with Gasteiger partial charge in [0.05, 0.1) is 6.10 Å². The van der Waals surface area contributed by atoms with Crippen LogP contribution in [-0.2, 0) is 4.74 Å². The third-order valence-electron chi connectivity index (χ3n) is 6.21. The van der Waals surface area contributed by atoms with Crippen LogP contribution in [-0.4, -0.2) is 61.3 Å². The van der Waals surface area contributed by atoms with Crippen LogP contribution < -0.4 is 16.4 Å². The smallest absolute Gasteiger partial charge is 0.314 e. The van der Waals surface area contributed by atoms with Crippen LogP contribution in [0.5, 0.6) is 0 Å². The van der Waals surface area contributed by atoms with E-state index in [0.29, 0.717) is 36.7 Å². The molecule has 1 aliphatic heterocycles. The van der Waals surface area contributed by atoms with Gasteiger partial charge in [-0.1, -0.05) is 6.42 Å². The molecular formula is C18H34IN5O2. The van der Waals surface area contributed by atoms with E-state index in [2.05, 4.69) is 29.5 Å². The fraction of sp³-hybridized carbons (Fsp3) is 0.889. The second-order valence-electron chi connectivity index (χ2n) is 7.53. The van der Waals surface area contributed by atoms with Crippen LogP contribution in [0.4, 0.5) is 4.79 Å². The molecule has 3 aliphatic rings. The lowest BCUT2D eigenvalue weighted by Gasteiger charge is -2.61. The molecule has 8 heteroatoms. The molecule has 0 aromatic heterocycles. The molecule has 2 unspecified atom stereocenters. The quantitative estimate of drug-likeness (QED) is 0.320. The van der Waals surface area contributed by atoms with Crippen LogP contribution >= 0.6 is 24.0 Å². The Morgan fingerprint density at radius 1 is 1.27 bits per heavy atom. The Labute approximate surface area is 173 Å². The third kappa shape index (κ3) is 4.37. The van der Waals surface area contributed by atoms with Crippen LogP contribution in [0.2, 0.25) is 0 Å². The number of ether oxygens (including phenoxy) is 1. The van der Waals surface area contributed by atoms with Crippen molar-refractivity contribution < 1.29 is 9.53 Å². The molecule has 2 atom stereocenters. The van der Waals surface area contributed by atoms with Gasteiger partial charge in [-0.25, -0.2) is 4.79 Å². The van der Waals surface area contributed by atoms with E-state index in [9.17, 15) is 4.79 Å². The zero-order chi connectivity index (χ0) is 17.9. The number of carbonyl (C=O) groups is 1. The molecule has 2 amide bonds. The molecule has 4 N–H and O–H groups in total. The normalized spacial score (nSPS) is 27.9. The highest BCUT2D eigenvalue weighted by Gasteiger charge is 2.59. The third-order valence-corrected chi connectivity index (χ3v) is 6.21. The number of primary amides is 1. The number of urea groups is 1. The SMILES string of the molecule is CCN=C(NC1CCN(C(N)=O)CC1)NC1CC(OCC)C12CCC2.I. The number of hydrogen-bond donors (Lipinski definition) is 3. The van der Waals surface area contributed by atoms with Gasteiger partial charge in [0.15, 0.2) is 5.96 Å². The molecule has 7 nitrogen and oxygen atoms in total. The number of aliphatic imine (C=N–C) groups is 1.